The van der Waals surface area contributed by atoms with Crippen molar-refractivity contribution < 1.29 is 0 Å². The van der Waals surface area contributed by atoms with Crippen LogP contribution in [-0.2, 0) is 0 Å². The second kappa shape index (κ2) is 4.63. The Morgan fingerprint density at radius 3 is 2.44 bits per heavy atom. The molecule has 3 nitrogen and oxygen atoms in total. The maximum Gasteiger partial charge on any atom is 0.124 e. The van der Waals surface area contributed by atoms with Crippen LogP contribution in [0.2, 0.25) is 0 Å². The quantitative estimate of drug-likeness (QED) is 0.622. The smallest absolute Gasteiger partial charge is 0.124 e. The van der Waals surface area contributed by atoms with Gasteiger partial charge in [0.2, 0.25) is 0 Å². The van der Waals surface area contributed by atoms with Crippen molar-refractivity contribution in [1.82, 2.24) is 0 Å². The molecule has 0 unspecified atom stereocenters. The second-order valence-electron chi connectivity index (χ2n) is 6.04. The molecule has 1 saturated heterocycles. The number of nitrogens with zero attached hydrogens (tertiary/aromatic N) is 1. The number of rotatable bonds is 2. The summed E-state index contributed by atoms with van der Waals surface area (Å²) in [6.07, 6.45) is 2.39. The molecule has 1 heterocycles. The molecular formula is C15H23N3. The number of aryl methyl sites for hydroxylation is 1. The Bertz CT molecular complexity index is 453. The Kier molecular flexibility index (Phi) is 3.33. The number of para-hydroxylation sites is 1. The molecule has 98 valence electrons. The highest BCUT2D eigenvalue weighted by Crippen LogP contribution is 2.34. The van der Waals surface area contributed by atoms with E-state index in [1.54, 1.807) is 0 Å². The van der Waals surface area contributed by atoms with Gasteiger partial charge >= 0.3 is 0 Å². The van der Waals surface area contributed by atoms with Crippen LogP contribution >= 0.6 is 0 Å². The highest BCUT2D eigenvalue weighted by Gasteiger charge is 2.27. The monoisotopic (exact) mass is 245 g/mol. The van der Waals surface area contributed by atoms with E-state index >= 15 is 0 Å². The van der Waals surface area contributed by atoms with Crippen LogP contribution in [0.15, 0.2) is 18.2 Å². The van der Waals surface area contributed by atoms with Crippen molar-refractivity contribution >= 4 is 11.5 Å². The number of benzene rings is 1. The first kappa shape index (κ1) is 12.9. The summed E-state index contributed by atoms with van der Waals surface area (Å²) in [5.41, 5.74) is 9.37. The summed E-state index contributed by atoms with van der Waals surface area (Å²) in [5.74, 6) is 0.165. The van der Waals surface area contributed by atoms with Gasteiger partial charge in [-0.2, -0.15) is 0 Å². The van der Waals surface area contributed by atoms with E-state index in [4.69, 9.17) is 11.1 Å². The van der Waals surface area contributed by atoms with Crippen molar-refractivity contribution in [3.05, 3.63) is 29.3 Å². The summed E-state index contributed by atoms with van der Waals surface area (Å²) in [6, 6.07) is 6.02. The van der Waals surface area contributed by atoms with Crippen LogP contribution in [-0.4, -0.2) is 18.9 Å². The number of piperidine rings is 1. The predicted octanol–water partition coefficient (Wildman–Crippen LogP) is 2.91. The van der Waals surface area contributed by atoms with E-state index in [1.165, 1.54) is 18.4 Å². The summed E-state index contributed by atoms with van der Waals surface area (Å²) in [4.78, 5) is 2.39. The van der Waals surface area contributed by atoms with Crippen molar-refractivity contribution in [1.29, 1.82) is 5.41 Å². The molecule has 2 rings (SSSR count). The molecule has 0 radical (unpaired) electrons. The summed E-state index contributed by atoms with van der Waals surface area (Å²) < 4.78 is 0. The molecule has 0 aromatic heterocycles. The standard InChI is InChI=1S/C15H23N3/c1-11-5-4-6-12(14(16)17)13(11)18-9-7-15(2,3)8-10-18/h4-6H,7-10H2,1-3H3,(H3,16,17). The molecule has 0 aliphatic carbocycles. The third kappa shape index (κ3) is 2.50. The summed E-state index contributed by atoms with van der Waals surface area (Å²) >= 11 is 0. The number of nitrogens with one attached hydrogen (secondary N) is 1. The van der Waals surface area contributed by atoms with Crippen molar-refractivity contribution in [3.63, 3.8) is 0 Å². The molecule has 0 spiro atoms. The fourth-order valence-electron chi connectivity index (χ4n) is 2.63. The maximum absolute atomic E-state index is 7.72. The second-order valence-corrected chi connectivity index (χ2v) is 6.04. The number of hydrogen-bond acceptors (Lipinski definition) is 2. The number of hydrogen-bond donors (Lipinski definition) is 2. The average Bonchev–Trinajstić information content (AvgIpc) is 2.29. The summed E-state index contributed by atoms with van der Waals surface area (Å²) in [6.45, 7) is 8.86. The van der Waals surface area contributed by atoms with Crippen LogP contribution in [0.3, 0.4) is 0 Å². The number of nitrogen functional groups attached to an aromatic ring is 1. The van der Waals surface area contributed by atoms with Gasteiger partial charge in [0.15, 0.2) is 0 Å². The number of anilines is 1. The first-order valence-electron chi connectivity index (χ1n) is 6.60. The minimum atomic E-state index is 0.165. The van der Waals surface area contributed by atoms with Crippen molar-refractivity contribution in [3.8, 4) is 0 Å². The zero-order valence-electron chi connectivity index (χ0n) is 11.6. The van der Waals surface area contributed by atoms with Crippen LogP contribution in [0.4, 0.5) is 5.69 Å². The normalized spacial score (nSPS) is 18.7. The lowest BCUT2D eigenvalue weighted by Gasteiger charge is -2.39. The van der Waals surface area contributed by atoms with Crippen LogP contribution in [0.1, 0.15) is 37.8 Å². The fourth-order valence-corrected chi connectivity index (χ4v) is 2.63. The van der Waals surface area contributed by atoms with Gasteiger partial charge in [-0.25, -0.2) is 0 Å². The summed E-state index contributed by atoms with van der Waals surface area (Å²) in [5, 5.41) is 7.72. The lowest BCUT2D eigenvalue weighted by Crippen LogP contribution is -2.38. The minimum Gasteiger partial charge on any atom is -0.384 e. The van der Waals surface area contributed by atoms with E-state index in [9.17, 15) is 0 Å². The summed E-state index contributed by atoms with van der Waals surface area (Å²) in [7, 11) is 0. The lowest BCUT2D eigenvalue weighted by molar-refractivity contribution is 0.279. The zero-order valence-corrected chi connectivity index (χ0v) is 11.6. The molecule has 0 atom stereocenters. The highest BCUT2D eigenvalue weighted by molar-refractivity contribution is 6.01. The fraction of sp³-hybridized carbons (Fsp3) is 0.533. The third-order valence-electron chi connectivity index (χ3n) is 3.96. The average molecular weight is 245 g/mol. The molecule has 1 aliphatic rings. The maximum atomic E-state index is 7.72. The minimum absolute atomic E-state index is 0.165. The Morgan fingerprint density at radius 1 is 1.28 bits per heavy atom. The Hall–Kier alpha value is -1.51. The molecule has 1 aliphatic heterocycles. The third-order valence-corrected chi connectivity index (χ3v) is 3.96. The number of nitrogens with two attached hydrogens (primary N) is 1. The van der Waals surface area contributed by atoms with E-state index < -0.39 is 0 Å². The number of amidine groups is 1. The van der Waals surface area contributed by atoms with Gasteiger partial charge in [-0.15, -0.1) is 0 Å². The van der Waals surface area contributed by atoms with E-state index in [-0.39, 0.29) is 5.84 Å². The van der Waals surface area contributed by atoms with Crippen LogP contribution < -0.4 is 10.6 Å². The van der Waals surface area contributed by atoms with Crippen molar-refractivity contribution in [2.75, 3.05) is 18.0 Å². The highest BCUT2D eigenvalue weighted by atomic mass is 15.1. The largest absolute Gasteiger partial charge is 0.384 e. The molecule has 3 N–H and O–H groups in total. The van der Waals surface area contributed by atoms with Crippen LogP contribution in [0.5, 0.6) is 0 Å². The predicted molar refractivity (Wildman–Crippen MR) is 77.4 cm³/mol. The Labute approximate surface area is 109 Å². The molecular weight excluding hydrogens is 222 g/mol. The molecule has 0 saturated carbocycles. The molecule has 1 aromatic carbocycles. The lowest BCUT2D eigenvalue weighted by atomic mass is 9.82. The Balaban J connectivity index is 2.31. The zero-order chi connectivity index (χ0) is 13.3. The van der Waals surface area contributed by atoms with Crippen LogP contribution in [0, 0.1) is 17.7 Å². The van der Waals surface area contributed by atoms with Gasteiger partial charge in [0, 0.05) is 18.7 Å². The first-order valence-corrected chi connectivity index (χ1v) is 6.60. The van der Waals surface area contributed by atoms with Gasteiger partial charge < -0.3 is 10.6 Å². The topological polar surface area (TPSA) is 53.1 Å². The van der Waals surface area contributed by atoms with Crippen molar-refractivity contribution in [2.24, 2.45) is 11.1 Å². The van der Waals surface area contributed by atoms with Crippen molar-refractivity contribution in [2.45, 2.75) is 33.6 Å². The molecule has 1 aromatic rings. The van der Waals surface area contributed by atoms with Gasteiger partial charge in [0.05, 0.1) is 5.69 Å². The Morgan fingerprint density at radius 2 is 1.89 bits per heavy atom. The van der Waals surface area contributed by atoms with Gasteiger partial charge in [0.1, 0.15) is 5.84 Å². The van der Waals surface area contributed by atoms with E-state index in [1.807, 2.05) is 12.1 Å². The SMILES string of the molecule is Cc1cccc(C(=N)N)c1N1CCC(C)(C)CC1. The van der Waals surface area contributed by atoms with E-state index in [2.05, 4.69) is 31.7 Å². The molecule has 0 amide bonds. The molecule has 0 bridgehead atoms. The molecule has 1 fully saturated rings. The van der Waals surface area contributed by atoms with E-state index in [0.29, 0.717) is 5.41 Å². The van der Waals surface area contributed by atoms with Gasteiger partial charge in [0.25, 0.3) is 0 Å². The first-order chi connectivity index (χ1) is 8.41. The van der Waals surface area contributed by atoms with Gasteiger partial charge in [-0.1, -0.05) is 26.0 Å². The van der Waals surface area contributed by atoms with E-state index in [0.717, 1.165) is 24.3 Å². The van der Waals surface area contributed by atoms with Gasteiger partial charge in [-0.05, 0) is 36.8 Å². The van der Waals surface area contributed by atoms with Gasteiger partial charge in [-0.3, -0.25) is 5.41 Å². The van der Waals surface area contributed by atoms with Crippen LogP contribution in [0.25, 0.3) is 0 Å². The molecule has 3 heteroatoms. The molecule has 18 heavy (non-hydrogen) atoms.